The average molecular weight is 199 g/mol. The van der Waals surface area contributed by atoms with Crippen molar-refractivity contribution in [1.29, 1.82) is 0 Å². The lowest BCUT2D eigenvalue weighted by atomic mass is 10.3. The topological polar surface area (TPSA) is 55.0 Å². The van der Waals surface area contributed by atoms with Crippen molar-refractivity contribution in [2.75, 3.05) is 18.0 Å². The molecule has 0 spiro atoms. The van der Waals surface area contributed by atoms with E-state index in [0.717, 1.165) is 19.5 Å². The highest BCUT2D eigenvalue weighted by Gasteiger charge is 2.20. The maximum atomic E-state index is 5.77. The lowest BCUT2D eigenvalue weighted by Crippen LogP contribution is -2.27. The summed E-state index contributed by atoms with van der Waals surface area (Å²) in [5, 5.41) is 0.477. The predicted octanol–water partition coefficient (Wildman–Crippen LogP) is 0.667. The van der Waals surface area contributed by atoms with E-state index in [4.69, 9.17) is 17.3 Å². The van der Waals surface area contributed by atoms with Gasteiger partial charge in [0.05, 0.1) is 0 Å². The first-order valence-corrected chi connectivity index (χ1v) is 4.62. The predicted molar refractivity (Wildman–Crippen MR) is 51.8 cm³/mol. The molecule has 13 heavy (non-hydrogen) atoms. The number of nitrogens with zero attached hydrogens (tertiary/aromatic N) is 3. The molecule has 2 N–H and O–H groups in total. The Labute approximate surface area is 81.7 Å². The van der Waals surface area contributed by atoms with Crippen LogP contribution in [0.25, 0.3) is 0 Å². The lowest BCUT2D eigenvalue weighted by molar-refractivity contribution is 0.750. The van der Waals surface area contributed by atoms with Gasteiger partial charge in [-0.15, -0.1) is 0 Å². The van der Waals surface area contributed by atoms with Gasteiger partial charge in [0, 0.05) is 25.3 Å². The van der Waals surface area contributed by atoms with Crippen molar-refractivity contribution in [2.45, 2.75) is 12.5 Å². The number of aromatic nitrogens is 2. The quantitative estimate of drug-likeness (QED) is 0.674. The van der Waals surface area contributed by atoms with Crippen molar-refractivity contribution in [1.82, 2.24) is 9.97 Å². The molecule has 0 unspecified atom stereocenters. The first kappa shape index (κ1) is 8.72. The van der Waals surface area contributed by atoms with Crippen LogP contribution in [-0.4, -0.2) is 29.1 Å². The molecule has 0 radical (unpaired) electrons. The molecule has 0 aromatic carbocycles. The number of hydrogen-bond donors (Lipinski definition) is 1. The molecule has 1 atom stereocenters. The third kappa shape index (κ3) is 1.89. The average Bonchev–Trinajstić information content (AvgIpc) is 2.52. The van der Waals surface area contributed by atoms with Gasteiger partial charge in [-0.1, -0.05) is 11.6 Å². The monoisotopic (exact) mass is 198 g/mol. The van der Waals surface area contributed by atoms with E-state index >= 15 is 0 Å². The summed E-state index contributed by atoms with van der Waals surface area (Å²) in [7, 11) is 0. The van der Waals surface area contributed by atoms with E-state index in [9.17, 15) is 0 Å². The maximum absolute atomic E-state index is 5.77. The molecule has 1 aliphatic heterocycles. The fourth-order valence-corrected chi connectivity index (χ4v) is 1.58. The molecular formula is C8H11ClN4. The number of hydrogen-bond acceptors (Lipinski definition) is 4. The van der Waals surface area contributed by atoms with E-state index in [1.165, 1.54) is 0 Å². The summed E-state index contributed by atoms with van der Waals surface area (Å²) in [6.45, 7) is 1.74. The summed E-state index contributed by atoms with van der Waals surface area (Å²) in [6, 6.07) is 1.91. The van der Waals surface area contributed by atoms with Gasteiger partial charge >= 0.3 is 0 Å². The van der Waals surface area contributed by atoms with Crippen LogP contribution in [0.1, 0.15) is 6.42 Å². The van der Waals surface area contributed by atoms with Crippen LogP contribution in [-0.2, 0) is 0 Å². The second kappa shape index (κ2) is 3.47. The van der Waals surface area contributed by atoms with Gasteiger partial charge in [-0.3, -0.25) is 0 Å². The van der Waals surface area contributed by atoms with Crippen molar-refractivity contribution in [3.8, 4) is 0 Å². The summed E-state index contributed by atoms with van der Waals surface area (Å²) in [6.07, 6.45) is 2.66. The lowest BCUT2D eigenvalue weighted by Gasteiger charge is -2.14. The SMILES string of the molecule is N[C@H]1CCN(c2nccc(Cl)n2)C1. The molecule has 0 amide bonds. The summed E-state index contributed by atoms with van der Waals surface area (Å²) in [4.78, 5) is 10.3. The fraction of sp³-hybridized carbons (Fsp3) is 0.500. The van der Waals surface area contributed by atoms with Gasteiger partial charge in [0.15, 0.2) is 0 Å². The van der Waals surface area contributed by atoms with E-state index in [2.05, 4.69) is 14.9 Å². The molecule has 2 heterocycles. The van der Waals surface area contributed by atoms with Gasteiger partial charge in [-0.05, 0) is 12.5 Å². The largest absolute Gasteiger partial charge is 0.339 e. The highest BCUT2D eigenvalue weighted by molar-refractivity contribution is 6.29. The fourth-order valence-electron chi connectivity index (χ4n) is 1.45. The molecule has 70 valence electrons. The number of halogens is 1. The summed E-state index contributed by atoms with van der Waals surface area (Å²) < 4.78 is 0. The Kier molecular flexibility index (Phi) is 2.33. The molecule has 1 aromatic rings. The molecule has 5 heteroatoms. The second-order valence-corrected chi connectivity index (χ2v) is 3.56. The summed E-state index contributed by atoms with van der Waals surface area (Å²) >= 11 is 5.75. The van der Waals surface area contributed by atoms with Crippen LogP contribution in [0.3, 0.4) is 0 Å². The highest BCUT2D eigenvalue weighted by Crippen LogP contribution is 2.16. The maximum Gasteiger partial charge on any atom is 0.226 e. The van der Waals surface area contributed by atoms with E-state index in [1.54, 1.807) is 12.3 Å². The normalized spacial score (nSPS) is 22.3. The Hall–Kier alpha value is -0.870. The van der Waals surface area contributed by atoms with Gasteiger partial charge in [0.1, 0.15) is 5.15 Å². The summed E-state index contributed by atoms with van der Waals surface area (Å²) in [5.41, 5.74) is 5.77. The van der Waals surface area contributed by atoms with Crippen molar-refractivity contribution < 1.29 is 0 Å². The smallest absolute Gasteiger partial charge is 0.226 e. The second-order valence-electron chi connectivity index (χ2n) is 3.17. The van der Waals surface area contributed by atoms with Gasteiger partial charge < -0.3 is 10.6 Å². The highest BCUT2D eigenvalue weighted by atomic mass is 35.5. The molecule has 0 aliphatic carbocycles. The van der Waals surface area contributed by atoms with E-state index in [0.29, 0.717) is 11.1 Å². The molecule has 1 saturated heterocycles. The van der Waals surface area contributed by atoms with E-state index < -0.39 is 0 Å². The molecule has 4 nitrogen and oxygen atoms in total. The third-order valence-electron chi connectivity index (χ3n) is 2.12. The molecule has 2 rings (SSSR count). The molecule has 1 fully saturated rings. The van der Waals surface area contributed by atoms with Crippen molar-refractivity contribution >= 4 is 17.5 Å². The third-order valence-corrected chi connectivity index (χ3v) is 2.33. The van der Waals surface area contributed by atoms with E-state index in [-0.39, 0.29) is 6.04 Å². The molecule has 0 bridgehead atoms. The van der Waals surface area contributed by atoms with Crippen LogP contribution in [0.5, 0.6) is 0 Å². The summed E-state index contributed by atoms with van der Waals surface area (Å²) in [5.74, 6) is 0.681. The zero-order chi connectivity index (χ0) is 9.26. The van der Waals surface area contributed by atoms with Gasteiger partial charge in [0.2, 0.25) is 5.95 Å². The van der Waals surface area contributed by atoms with Crippen LogP contribution in [0.4, 0.5) is 5.95 Å². The van der Waals surface area contributed by atoms with Crippen molar-refractivity contribution in [2.24, 2.45) is 5.73 Å². The van der Waals surface area contributed by atoms with Crippen LogP contribution >= 0.6 is 11.6 Å². The first-order valence-electron chi connectivity index (χ1n) is 4.25. The van der Waals surface area contributed by atoms with Gasteiger partial charge in [-0.2, -0.15) is 0 Å². The number of rotatable bonds is 1. The molecular weight excluding hydrogens is 188 g/mol. The Morgan fingerprint density at radius 2 is 2.46 bits per heavy atom. The van der Waals surface area contributed by atoms with Crippen LogP contribution in [0, 0.1) is 0 Å². The van der Waals surface area contributed by atoms with Crippen molar-refractivity contribution in [3.05, 3.63) is 17.4 Å². The van der Waals surface area contributed by atoms with Crippen LogP contribution < -0.4 is 10.6 Å². The van der Waals surface area contributed by atoms with Crippen LogP contribution in [0.2, 0.25) is 5.15 Å². The molecule has 1 aromatic heterocycles. The first-order chi connectivity index (χ1) is 6.25. The Balaban J connectivity index is 2.16. The van der Waals surface area contributed by atoms with Gasteiger partial charge in [0.25, 0.3) is 0 Å². The minimum absolute atomic E-state index is 0.239. The minimum Gasteiger partial charge on any atom is -0.339 e. The zero-order valence-electron chi connectivity index (χ0n) is 7.15. The Morgan fingerprint density at radius 1 is 1.62 bits per heavy atom. The minimum atomic E-state index is 0.239. The Morgan fingerprint density at radius 3 is 3.08 bits per heavy atom. The number of nitrogens with two attached hydrogens (primary N) is 1. The molecule has 0 saturated carbocycles. The standard InChI is InChI=1S/C8H11ClN4/c9-7-1-3-11-8(12-7)13-4-2-6(10)5-13/h1,3,6H,2,4-5,10H2/t6-/m0/s1. The van der Waals surface area contributed by atoms with Crippen molar-refractivity contribution in [3.63, 3.8) is 0 Å². The van der Waals surface area contributed by atoms with E-state index in [1.807, 2.05) is 0 Å². The zero-order valence-corrected chi connectivity index (χ0v) is 7.91. The van der Waals surface area contributed by atoms with Crippen LogP contribution in [0.15, 0.2) is 12.3 Å². The van der Waals surface area contributed by atoms with Gasteiger partial charge in [-0.25, -0.2) is 9.97 Å². The Bertz CT molecular complexity index is 304. The number of anilines is 1. The molecule has 1 aliphatic rings.